The van der Waals surface area contributed by atoms with Gasteiger partial charge in [0.1, 0.15) is 5.75 Å². The molecule has 0 atom stereocenters. The Kier molecular flexibility index (Phi) is 5.96. The molecule has 0 bridgehead atoms. The molecule has 3 nitrogen and oxygen atoms in total. The van der Waals surface area contributed by atoms with Gasteiger partial charge in [-0.05, 0) is 29.8 Å². The summed E-state index contributed by atoms with van der Waals surface area (Å²) in [6.07, 6.45) is 0. The number of hydrazine groups is 1. The Labute approximate surface area is 124 Å². The van der Waals surface area contributed by atoms with E-state index < -0.39 is 0 Å². The van der Waals surface area contributed by atoms with Crippen molar-refractivity contribution in [3.05, 3.63) is 59.1 Å². The molecule has 0 saturated carbocycles. The summed E-state index contributed by atoms with van der Waals surface area (Å²) in [6.45, 7) is 0.595. The van der Waals surface area contributed by atoms with Gasteiger partial charge in [0.05, 0.1) is 19.3 Å². The molecule has 2 N–H and O–H groups in total. The van der Waals surface area contributed by atoms with E-state index in [1.165, 1.54) is 0 Å². The number of nitrogens with zero attached hydrogens (tertiary/aromatic N) is 1. The Bertz CT molecular complexity index is 517. The van der Waals surface area contributed by atoms with Crippen LogP contribution in [-0.2, 0) is 6.54 Å². The van der Waals surface area contributed by atoms with Crippen LogP contribution in [0.25, 0.3) is 0 Å². The first kappa shape index (κ1) is 15.6. The third-order valence-corrected chi connectivity index (χ3v) is 2.91. The van der Waals surface area contributed by atoms with Crippen molar-refractivity contribution in [2.45, 2.75) is 6.54 Å². The highest BCUT2D eigenvalue weighted by molar-refractivity contribution is 6.30. The van der Waals surface area contributed by atoms with E-state index in [4.69, 9.17) is 22.2 Å². The van der Waals surface area contributed by atoms with Crippen LogP contribution >= 0.6 is 24.0 Å². The van der Waals surface area contributed by atoms with E-state index in [9.17, 15) is 0 Å². The van der Waals surface area contributed by atoms with Crippen molar-refractivity contribution in [3.63, 3.8) is 0 Å². The lowest BCUT2D eigenvalue weighted by Gasteiger charge is -2.21. The molecule has 0 heterocycles. The maximum absolute atomic E-state index is 6.06. The number of benzene rings is 2. The predicted molar refractivity (Wildman–Crippen MR) is 82.1 cm³/mol. The normalized spacial score (nSPS) is 9.63. The fourth-order valence-corrected chi connectivity index (χ4v) is 1.86. The first-order valence-electron chi connectivity index (χ1n) is 5.60. The molecule has 2 aromatic carbocycles. The Morgan fingerprint density at radius 1 is 1.11 bits per heavy atom. The van der Waals surface area contributed by atoms with Crippen molar-refractivity contribution in [1.29, 1.82) is 0 Å². The summed E-state index contributed by atoms with van der Waals surface area (Å²) in [5, 5.41) is 2.38. The van der Waals surface area contributed by atoms with Crippen molar-refractivity contribution in [2.24, 2.45) is 5.84 Å². The smallest absolute Gasteiger partial charge is 0.143 e. The molecule has 19 heavy (non-hydrogen) atoms. The van der Waals surface area contributed by atoms with Gasteiger partial charge in [0.25, 0.3) is 0 Å². The standard InChI is InChI=1S/C14H15ClN2O.ClH/c1-18-14-5-3-2-4-13(14)17(16)10-11-6-8-12(15)9-7-11;/h2-9H,10,16H2,1H3;1H. The van der Waals surface area contributed by atoms with Gasteiger partial charge in [-0.1, -0.05) is 35.9 Å². The maximum atomic E-state index is 6.06. The van der Waals surface area contributed by atoms with Gasteiger partial charge in [-0.25, -0.2) is 5.84 Å². The van der Waals surface area contributed by atoms with Crippen LogP contribution in [0.15, 0.2) is 48.5 Å². The minimum atomic E-state index is 0. The molecule has 5 heteroatoms. The average Bonchev–Trinajstić information content (AvgIpc) is 2.41. The highest BCUT2D eigenvalue weighted by Gasteiger charge is 2.08. The molecule has 0 aliphatic rings. The van der Waals surface area contributed by atoms with Crippen molar-refractivity contribution < 1.29 is 4.74 Å². The zero-order valence-electron chi connectivity index (χ0n) is 10.5. The van der Waals surface area contributed by atoms with Crippen LogP contribution in [0.4, 0.5) is 5.69 Å². The molecule has 0 aromatic heterocycles. The number of rotatable bonds is 4. The Morgan fingerprint density at radius 3 is 2.37 bits per heavy atom. The van der Waals surface area contributed by atoms with Crippen LogP contribution < -0.4 is 15.6 Å². The average molecular weight is 299 g/mol. The second-order valence-electron chi connectivity index (χ2n) is 3.93. The van der Waals surface area contributed by atoms with E-state index in [-0.39, 0.29) is 12.4 Å². The zero-order chi connectivity index (χ0) is 13.0. The number of hydrogen-bond donors (Lipinski definition) is 1. The minimum Gasteiger partial charge on any atom is -0.495 e. The molecule has 0 unspecified atom stereocenters. The van der Waals surface area contributed by atoms with Crippen LogP contribution in [0.1, 0.15) is 5.56 Å². The summed E-state index contributed by atoms with van der Waals surface area (Å²) < 4.78 is 5.28. The van der Waals surface area contributed by atoms with Crippen molar-refractivity contribution in [1.82, 2.24) is 0 Å². The van der Waals surface area contributed by atoms with Gasteiger partial charge in [-0.15, -0.1) is 12.4 Å². The number of halogens is 2. The van der Waals surface area contributed by atoms with Gasteiger partial charge in [-0.3, -0.25) is 0 Å². The summed E-state index contributed by atoms with van der Waals surface area (Å²) in [6, 6.07) is 15.3. The molecule has 0 fully saturated rings. The van der Waals surface area contributed by atoms with Gasteiger partial charge in [-0.2, -0.15) is 0 Å². The van der Waals surface area contributed by atoms with E-state index >= 15 is 0 Å². The highest BCUT2D eigenvalue weighted by Crippen LogP contribution is 2.26. The molecule has 0 radical (unpaired) electrons. The lowest BCUT2D eigenvalue weighted by atomic mass is 10.2. The Hall–Kier alpha value is -1.42. The van der Waals surface area contributed by atoms with Crippen LogP contribution in [-0.4, -0.2) is 7.11 Å². The maximum Gasteiger partial charge on any atom is 0.143 e. The Balaban J connectivity index is 0.00000180. The number of hydrogen-bond acceptors (Lipinski definition) is 3. The van der Waals surface area contributed by atoms with Crippen LogP contribution in [0.2, 0.25) is 5.02 Å². The molecule has 0 saturated heterocycles. The van der Waals surface area contributed by atoms with Gasteiger partial charge >= 0.3 is 0 Å². The fourth-order valence-electron chi connectivity index (χ4n) is 1.74. The third-order valence-electron chi connectivity index (χ3n) is 2.66. The lowest BCUT2D eigenvalue weighted by Crippen LogP contribution is -2.30. The summed E-state index contributed by atoms with van der Waals surface area (Å²) in [4.78, 5) is 0. The number of ether oxygens (including phenoxy) is 1. The minimum absolute atomic E-state index is 0. The second kappa shape index (κ2) is 7.24. The molecule has 0 aliphatic carbocycles. The Morgan fingerprint density at radius 2 is 1.74 bits per heavy atom. The molecule has 0 aliphatic heterocycles. The quantitative estimate of drug-likeness (QED) is 0.692. The molecule has 2 rings (SSSR count). The molecule has 0 spiro atoms. The van der Waals surface area contributed by atoms with Crippen LogP contribution in [0.3, 0.4) is 0 Å². The SMILES string of the molecule is COc1ccccc1N(N)Cc1ccc(Cl)cc1.Cl. The lowest BCUT2D eigenvalue weighted by molar-refractivity contribution is 0.414. The highest BCUT2D eigenvalue weighted by atomic mass is 35.5. The zero-order valence-corrected chi connectivity index (χ0v) is 12.1. The van der Waals surface area contributed by atoms with Crippen LogP contribution in [0, 0.1) is 0 Å². The largest absolute Gasteiger partial charge is 0.495 e. The number of para-hydroxylation sites is 2. The first-order valence-corrected chi connectivity index (χ1v) is 5.98. The van der Waals surface area contributed by atoms with Gasteiger partial charge < -0.3 is 9.75 Å². The molecule has 102 valence electrons. The van der Waals surface area contributed by atoms with Crippen molar-refractivity contribution in [2.75, 3.05) is 12.1 Å². The van der Waals surface area contributed by atoms with Gasteiger partial charge in [0, 0.05) is 5.02 Å². The van der Waals surface area contributed by atoms with E-state index in [0.29, 0.717) is 6.54 Å². The van der Waals surface area contributed by atoms with Gasteiger partial charge in [0.15, 0.2) is 0 Å². The first-order chi connectivity index (χ1) is 8.70. The molecule has 0 amide bonds. The second-order valence-corrected chi connectivity index (χ2v) is 4.36. The van der Waals surface area contributed by atoms with E-state index in [1.54, 1.807) is 12.1 Å². The van der Waals surface area contributed by atoms with Crippen molar-refractivity contribution >= 4 is 29.7 Å². The van der Waals surface area contributed by atoms with E-state index in [1.807, 2.05) is 48.5 Å². The number of nitrogens with two attached hydrogens (primary N) is 1. The summed E-state index contributed by atoms with van der Waals surface area (Å²) in [7, 11) is 1.63. The van der Waals surface area contributed by atoms with Gasteiger partial charge in [0.2, 0.25) is 0 Å². The van der Waals surface area contributed by atoms with Crippen molar-refractivity contribution in [3.8, 4) is 5.75 Å². The monoisotopic (exact) mass is 298 g/mol. The molecular weight excluding hydrogens is 283 g/mol. The topological polar surface area (TPSA) is 38.5 Å². The molecular formula is C14H16Cl2N2O. The summed E-state index contributed by atoms with van der Waals surface area (Å²) in [5.41, 5.74) is 1.95. The summed E-state index contributed by atoms with van der Waals surface area (Å²) >= 11 is 5.85. The summed E-state index contributed by atoms with van der Waals surface area (Å²) in [5.74, 6) is 6.82. The van der Waals surface area contributed by atoms with Crippen LogP contribution in [0.5, 0.6) is 5.75 Å². The van der Waals surface area contributed by atoms with E-state index in [2.05, 4.69) is 0 Å². The number of anilines is 1. The third kappa shape index (κ3) is 4.03. The van der Waals surface area contributed by atoms with E-state index in [0.717, 1.165) is 22.0 Å². The fraction of sp³-hybridized carbons (Fsp3) is 0.143. The molecule has 2 aromatic rings. The predicted octanol–water partition coefficient (Wildman–Crippen LogP) is 3.65. The number of methoxy groups -OCH3 is 1.